The third-order valence-corrected chi connectivity index (χ3v) is 2.84. The van der Waals surface area contributed by atoms with Gasteiger partial charge in [0.1, 0.15) is 5.75 Å². The predicted molar refractivity (Wildman–Crippen MR) is 71.1 cm³/mol. The first-order chi connectivity index (χ1) is 9.15. The highest BCUT2D eigenvalue weighted by Gasteiger charge is 2.12. The molecule has 19 heavy (non-hydrogen) atoms. The molecule has 0 N–H and O–H groups in total. The normalized spacial score (nSPS) is 9.89. The summed E-state index contributed by atoms with van der Waals surface area (Å²) in [7, 11) is 6.15. The van der Waals surface area contributed by atoms with Crippen LogP contribution in [0.5, 0.6) is 17.2 Å². The van der Waals surface area contributed by atoms with E-state index in [-0.39, 0.29) is 5.97 Å². The molecule has 0 aliphatic rings. The van der Waals surface area contributed by atoms with Crippen molar-refractivity contribution in [3.05, 3.63) is 17.7 Å². The van der Waals surface area contributed by atoms with Crippen LogP contribution in [0.15, 0.2) is 12.1 Å². The summed E-state index contributed by atoms with van der Waals surface area (Å²) in [6, 6.07) is 3.65. The lowest BCUT2D eigenvalue weighted by atomic mass is 10.1. The fourth-order valence-electron chi connectivity index (χ4n) is 1.81. The minimum Gasteiger partial charge on any atom is -0.496 e. The van der Waals surface area contributed by atoms with Gasteiger partial charge in [-0.15, -0.1) is 0 Å². The minimum absolute atomic E-state index is 0.209. The van der Waals surface area contributed by atoms with Gasteiger partial charge in [-0.1, -0.05) is 0 Å². The molecule has 106 valence electrons. The molecule has 0 saturated heterocycles. The zero-order valence-electron chi connectivity index (χ0n) is 11.8. The summed E-state index contributed by atoms with van der Waals surface area (Å²) >= 11 is 0. The van der Waals surface area contributed by atoms with Crippen LogP contribution < -0.4 is 14.2 Å². The molecule has 0 aliphatic heterocycles. The fraction of sp³-hybridized carbons (Fsp3) is 0.500. The predicted octanol–water partition coefficient (Wildman–Crippen LogP) is 2.21. The van der Waals surface area contributed by atoms with E-state index >= 15 is 0 Å². The van der Waals surface area contributed by atoms with Gasteiger partial charge in [0.2, 0.25) is 0 Å². The summed E-state index contributed by atoms with van der Waals surface area (Å²) in [5.41, 5.74) is 0.976. The Morgan fingerprint density at radius 3 is 2.05 bits per heavy atom. The number of carbonyl (C=O) groups excluding carboxylic acids is 1. The van der Waals surface area contributed by atoms with Gasteiger partial charge in [-0.3, -0.25) is 4.79 Å². The SMILES string of the molecule is COC(=O)CCCc1cc(OC)c(OC)cc1OC. The van der Waals surface area contributed by atoms with Crippen LogP contribution in [-0.4, -0.2) is 34.4 Å². The third kappa shape index (κ3) is 4.05. The maximum Gasteiger partial charge on any atom is 0.305 e. The Morgan fingerprint density at radius 1 is 0.947 bits per heavy atom. The second kappa shape index (κ2) is 7.51. The van der Waals surface area contributed by atoms with Gasteiger partial charge >= 0.3 is 5.97 Å². The first-order valence-corrected chi connectivity index (χ1v) is 6.02. The van der Waals surface area contributed by atoms with Gasteiger partial charge in [0, 0.05) is 12.5 Å². The van der Waals surface area contributed by atoms with Crippen molar-refractivity contribution in [1.29, 1.82) is 0 Å². The van der Waals surface area contributed by atoms with Crippen molar-refractivity contribution in [3.63, 3.8) is 0 Å². The van der Waals surface area contributed by atoms with E-state index in [9.17, 15) is 4.79 Å². The number of aryl methyl sites for hydroxylation is 1. The Hall–Kier alpha value is -1.91. The zero-order chi connectivity index (χ0) is 14.3. The third-order valence-electron chi connectivity index (χ3n) is 2.84. The molecule has 0 bridgehead atoms. The zero-order valence-corrected chi connectivity index (χ0v) is 11.8. The Bertz CT molecular complexity index is 428. The number of methoxy groups -OCH3 is 4. The fourth-order valence-corrected chi connectivity index (χ4v) is 1.81. The van der Waals surface area contributed by atoms with Gasteiger partial charge in [0.05, 0.1) is 28.4 Å². The Labute approximate surface area is 113 Å². The van der Waals surface area contributed by atoms with Crippen LogP contribution in [0, 0.1) is 0 Å². The number of carbonyl (C=O) groups is 1. The van der Waals surface area contributed by atoms with Gasteiger partial charge in [-0.05, 0) is 24.5 Å². The highest BCUT2D eigenvalue weighted by Crippen LogP contribution is 2.35. The molecule has 5 nitrogen and oxygen atoms in total. The molecule has 0 heterocycles. The maximum atomic E-state index is 11.1. The molecule has 0 aromatic heterocycles. The molecular weight excluding hydrogens is 248 g/mol. The quantitative estimate of drug-likeness (QED) is 0.710. The number of benzene rings is 1. The van der Waals surface area contributed by atoms with Crippen molar-refractivity contribution in [2.24, 2.45) is 0 Å². The Balaban J connectivity index is 2.83. The lowest BCUT2D eigenvalue weighted by Gasteiger charge is -2.13. The van der Waals surface area contributed by atoms with Gasteiger partial charge in [0.15, 0.2) is 11.5 Å². The molecule has 1 rings (SSSR count). The summed E-state index contributed by atoms with van der Waals surface area (Å²) in [5.74, 6) is 1.79. The summed E-state index contributed by atoms with van der Waals surface area (Å²) in [6.45, 7) is 0. The number of hydrogen-bond acceptors (Lipinski definition) is 5. The minimum atomic E-state index is -0.209. The number of hydrogen-bond donors (Lipinski definition) is 0. The number of ether oxygens (including phenoxy) is 4. The second-order valence-corrected chi connectivity index (χ2v) is 3.95. The van der Waals surface area contributed by atoms with Crippen molar-refractivity contribution in [2.45, 2.75) is 19.3 Å². The lowest BCUT2D eigenvalue weighted by Crippen LogP contribution is -2.02. The second-order valence-electron chi connectivity index (χ2n) is 3.95. The van der Waals surface area contributed by atoms with Crippen molar-refractivity contribution in [2.75, 3.05) is 28.4 Å². The molecule has 5 heteroatoms. The molecule has 0 saturated carbocycles. The van der Waals surface area contributed by atoms with Crippen LogP contribution in [0.2, 0.25) is 0 Å². The first-order valence-electron chi connectivity index (χ1n) is 6.02. The first kappa shape index (κ1) is 15.1. The summed E-state index contributed by atoms with van der Waals surface area (Å²) in [4.78, 5) is 11.1. The van der Waals surface area contributed by atoms with Crippen molar-refractivity contribution < 1.29 is 23.7 Å². The average Bonchev–Trinajstić information content (AvgIpc) is 2.46. The van der Waals surface area contributed by atoms with E-state index in [0.717, 1.165) is 11.3 Å². The summed E-state index contributed by atoms with van der Waals surface area (Å²) in [5, 5.41) is 0. The van der Waals surface area contributed by atoms with Crippen LogP contribution in [0.25, 0.3) is 0 Å². The number of esters is 1. The van der Waals surface area contributed by atoms with Gasteiger partial charge in [-0.2, -0.15) is 0 Å². The molecule has 0 unspecified atom stereocenters. The molecule has 0 atom stereocenters. The van der Waals surface area contributed by atoms with Crippen LogP contribution in [0.4, 0.5) is 0 Å². The van der Waals surface area contributed by atoms with E-state index in [1.165, 1.54) is 7.11 Å². The van der Waals surface area contributed by atoms with E-state index in [4.69, 9.17) is 14.2 Å². The summed E-state index contributed by atoms with van der Waals surface area (Å²) in [6.07, 6.45) is 1.78. The monoisotopic (exact) mass is 268 g/mol. The number of rotatable bonds is 7. The standard InChI is InChI=1S/C14H20O5/c1-16-11-9-13(18-3)12(17-2)8-10(11)6-5-7-14(15)19-4/h8-9H,5-7H2,1-4H3. The van der Waals surface area contributed by atoms with Crippen molar-refractivity contribution >= 4 is 5.97 Å². The van der Waals surface area contributed by atoms with Gasteiger partial charge in [0.25, 0.3) is 0 Å². The van der Waals surface area contributed by atoms with Crippen LogP contribution in [0.1, 0.15) is 18.4 Å². The van der Waals surface area contributed by atoms with Gasteiger partial charge in [-0.25, -0.2) is 0 Å². The van der Waals surface area contributed by atoms with Crippen LogP contribution in [-0.2, 0) is 16.0 Å². The molecule has 0 aliphatic carbocycles. The topological polar surface area (TPSA) is 54.0 Å². The molecule has 0 amide bonds. The Kier molecular flexibility index (Phi) is 5.99. The van der Waals surface area contributed by atoms with E-state index in [2.05, 4.69) is 4.74 Å². The largest absolute Gasteiger partial charge is 0.496 e. The highest BCUT2D eigenvalue weighted by atomic mass is 16.5. The van der Waals surface area contributed by atoms with E-state index in [1.54, 1.807) is 27.4 Å². The molecule has 0 fully saturated rings. The highest BCUT2D eigenvalue weighted by molar-refractivity contribution is 5.69. The van der Waals surface area contributed by atoms with E-state index in [0.29, 0.717) is 30.8 Å². The molecular formula is C14H20O5. The van der Waals surface area contributed by atoms with E-state index in [1.807, 2.05) is 6.07 Å². The molecule has 1 aromatic carbocycles. The molecule has 1 aromatic rings. The van der Waals surface area contributed by atoms with Crippen LogP contribution >= 0.6 is 0 Å². The lowest BCUT2D eigenvalue weighted by molar-refractivity contribution is -0.140. The Morgan fingerprint density at radius 2 is 1.53 bits per heavy atom. The molecule has 0 spiro atoms. The molecule has 0 radical (unpaired) electrons. The van der Waals surface area contributed by atoms with Crippen molar-refractivity contribution in [1.82, 2.24) is 0 Å². The van der Waals surface area contributed by atoms with E-state index < -0.39 is 0 Å². The smallest absolute Gasteiger partial charge is 0.305 e. The summed E-state index contributed by atoms with van der Waals surface area (Å²) < 4.78 is 20.4. The van der Waals surface area contributed by atoms with Crippen LogP contribution in [0.3, 0.4) is 0 Å². The van der Waals surface area contributed by atoms with Gasteiger partial charge < -0.3 is 18.9 Å². The maximum absolute atomic E-state index is 11.1. The average molecular weight is 268 g/mol. The van der Waals surface area contributed by atoms with Crippen molar-refractivity contribution in [3.8, 4) is 17.2 Å².